The van der Waals surface area contributed by atoms with Crippen molar-refractivity contribution in [1.29, 1.82) is 0 Å². The number of fused-ring (bicyclic) bond motifs is 3. The molecule has 3 rings (SSSR count). The van der Waals surface area contributed by atoms with Gasteiger partial charge in [-0.05, 0) is 25.1 Å². The maximum Gasteiger partial charge on any atom is 0.237 e. The van der Waals surface area contributed by atoms with Crippen molar-refractivity contribution in [1.82, 2.24) is 9.80 Å². The number of amides is 1. The maximum atomic E-state index is 13.9. The Bertz CT molecular complexity index is 474. The highest BCUT2D eigenvalue weighted by atomic mass is 19.1. The molecule has 90 valence electrons. The molecular weight excluding hydrogens is 219 g/mol. The standard InChI is InChI=1S/C13H15FN2O/c1-15-7-11-13-9(3-2-4-10(13)14)5-6-16(11)12(17)8-15/h2-4,11H,5-8H2,1H3. The molecule has 1 fully saturated rings. The molecule has 1 aromatic carbocycles. The van der Waals surface area contributed by atoms with E-state index in [9.17, 15) is 9.18 Å². The summed E-state index contributed by atoms with van der Waals surface area (Å²) in [5.74, 6) is -0.0713. The molecule has 0 aromatic heterocycles. The van der Waals surface area contributed by atoms with Crippen LogP contribution in [-0.2, 0) is 11.2 Å². The SMILES string of the molecule is CN1CC(=O)N2CCc3cccc(F)c3C2C1. The molecule has 0 N–H and O–H groups in total. The molecule has 2 aliphatic heterocycles. The molecule has 1 atom stereocenters. The van der Waals surface area contributed by atoms with Crippen molar-refractivity contribution in [2.24, 2.45) is 0 Å². The summed E-state index contributed by atoms with van der Waals surface area (Å²) in [5, 5.41) is 0. The summed E-state index contributed by atoms with van der Waals surface area (Å²) in [7, 11) is 1.91. The first kappa shape index (κ1) is 10.7. The molecule has 0 saturated carbocycles. The molecule has 2 aliphatic rings. The molecular formula is C13H15FN2O. The van der Waals surface area contributed by atoms with Gasteiger partial charge in [0.1, 0.15) is 5.82 Å². The van der Waals surface area contributed by atoms with Crippen LogP contribution >= 0.6 is 0 Å². The lowest BCUT2D eigenvalue weighted by atomic mass is 9.90. The molecule has 0 bridgehead atoms. The predicted octanol–water partition coefficient (Wildman–Crippen LogP) is 1.20. The summed E-state index contributed by atoms with van der Waals surface area (Å²) < 4.78 is 13.9. The fourth-order valence-corrected chi connectivity index (χ4v) is 2.90. The Balaban J connectivity index is 2.07. The molecule has 1 unspecified atom stereocenters. The summed E-state index contributed by atoms with van der Waals surface area (Å²) in [5.41, 5.74) is 1.77. The zero-order chi connectivity index (χ0) is 12.0. The van der Waals surface area contributed by atoms with E-state index in [1.807, 2.05) is 22.9 Å². The zero-order valence-electron chi connectivity index (χ0n) is 9.82. The van der Waals surface area contributed by atoms with Crippen molar-refractivity contribution >= 4 is 5.91 Å². The Morgan fingerprint density at radius 3 is 3.06 bits per heavy atom. The lowest BCUT2D eigenvalue weighted by molar-refractivity contribution is -0.139. The summed E-state index contributed by atoms with van der Waals surface area (Å²) in [6, 6.07) is 5.10. The topological polar surface area (TPSA) is 23.6 Å². The van der Waals surface area contributed by atoms with Gasteiger partial charge in [-0.2, -0.15) is 0 Å². The van der Waals surface area contributed by atoms with Crippen LogP contribution in [0.3, 0.4) is 0 Å². The van der Waals surface area contributed by atoms with Gasteiger partial charge in [-0.15, -0.1) is 0 Å². The van der Waals surface area contributed by atoms with E-state index in [0.29, 0.717) is 13.1 Å². The molecule has 3 nitrogen and oxygen atoms in total. The van der Waals surface area contributed by atoms with Gasteiger partial charge in [0.05, 0.1) is 12.6 Å². The molecule has 1 aromatic rings. The second-order valence-electron chi connectivity index (χ2n) is 4.86. The maximum absolute atomic E-state index is 13.9. The fourth-order valence-electron chi connectivity index (χ4n) is 2.90. The second-order valence-corrected chi connectivity index (χ2v) is 4.86. The smallest absolute Gasteiger partial charge is 0.237 e. The highest BCUT2D eigenvalue weighted by Crippen LogP contribution is 2.34. The van der Waals surface area contributed by atoms with Gasteiger partial charge < -0.3 is 4.90 Å². The lowest BCUT2D eigenvalue weighted by Crippen LogP contribution is -2.53. The van der Waals surface area contributed by atoms with Crippen LogP contribution in [-0.4, -0.2) is 42.4 Å². The van der Waals surface area contributed by atoms with Crippen LogP contribution in [0.2, 0.25) is 0 Å². The Hall–Kier alpha value is -1.42. The van der Waals surface area contributed by atoms with Crippen LogP contribution < -0.4 is 0 Å². The van der Waals surface area contributed by atoms with Crippen molar-refractivity contribution in [2.45, 2.75) is 12.5 Å². The minimum Gasteiger partial charge on any atom is -0.333 e. The van der Waals surface area contributed by atoms with Crippen LogP contribution in [0.5, 0.6) is 0 Å². The number of nitrogens with zero attached hydrogens (tertiary/aromatic N) is 2. The van der Waals surface area contributed by atoms with Gasteiger partial charge in [0, 0.05) is 18.7 Å². The van der Waals surface area contributed by atoms with E-state index in [0.717, 1.165) is 24.1 Å². The van der Waals surface area contributed by atoms with Crippen molar-refractivity contribution in [2.75, 3.05) is 26.7 Å². The van der Waals surface area contributed by atoms with Crippen molar-refractivity contribution < 1.29 is 9.18 Å². The number of carbonyl (C=O) groups is 1. The Morgan fingerprint density at radius 1 is 1.41 bits per heavy atom. The van der Waals surface area contributed by atoms with Gasteiger partial charge in [0.25, 0.3) is 0 Å². The lowest BCUT2D eigenvalue weighted by Gasteiger charge is -2.43. The van der Waals surface area contributed by atoms with Crippen LogP contribution in [0.4, 0.5) is 4.39 Å². The predicted molar refractivity (Wildman–Crippen MR) is 62.1 cm³/mol. The van der Waals surface area contributed by atoms with E-state index in [4.69, 9.17) is 0 Å². The van der Waals surface area contributed by atoms with Crippen molar-refractivity contribution in [3.63, 3.8) is 0 Å². The van der Waals surface area contributed by atoms with E-state index in [-0.39, 0.29) is 17.8 Å². The monoisotopic (exact) mass is 234 g/mol. The molecule has 17 heavy (non-hydrogen) atoms. The van der Waals surface area contributed by atoms with Gasteiger partial charge in [-0.3, -0.25) is 9.69 Å². The minimum atomic E-state index is -0.180. The molecule has 2 heterocycles. The molecule has 1 saturated heterocycles. The number of carbonyl (C=O) groups excluding carboxylic acids is 1. The number of halogens is 1. The summed E-state index contributed by atoms with van der Waals surface area (Å²) in [4.78, 5) is 15.7. The zero-order valence-corrected chi connectivity index (χ0v) is 9.82. The normalized spacial score (nSPS) is 24.5. The summed E-state index contributed by atoms with van der Waals surface area (Å²) >= 11 is 0. The molecule has 0 aliphatic carbocycles. The first-order valence-corrected chi connectivity index (χ1v) is 5.92. The number of piperazine rings is 1. The number of hydrogen-bond donors (Lipinski definition) is 0. The van der Waals surface area contributed by atoms with Gasteiger partial charge >= 0.3 is 0 Å². The van der Waals surface area contributed by atoms with Gasteiger partial charge in [0.2, 0.25) is 5.91 Å². The third kappa shape index (κ3) is 1.63. The molecule has 0 spiro atoms. The summed E-state index contributed by atoms with van der Waals surface area (Å²) in [6.07, 6.45) is 0.763. The van der Waals surface area contributed by atoms with E-state index < -0.39 is 0 Å². The summed E-state index contributed by atoms with van der Waals surface area (Å²) in [6.45, 7) is 1.88. The highest BCUT2D eigenvalue weighted by Gasteiger charge is 2.37. The number of rotatable bonds is 0. The van der Waals surface area contributed by atoms with Crippen LogP contribution in [0.1, 0.15) is 17.2 Å². The van der Waals surface area contributed by atoms with Crippen molar-refractivity contribution in [3.05, 3.63) is 35.1 Å². The first-order valence-electron chi connectivity index (χ1n) is 5.92. The third-order valence-electron chi connectivity index (χ3n) is 3.68. The van der Waals surface area contributed by atoms with Gasteiger partial charge in [0.15, 0.2) is 0 Å². The minimum absolute atomic E-state index is 0.105. The van der Waals surface area contributed by atoms with Crippen LogP contribution in [0.15, 0.2) is 18.2 Å². The molecule has 1 amide bonds. The van der Waals surface area contributed by atoms with Gasteiger partial charge in [-0.25, -0.2) is 4.39 Å². The third-order valence-corrected chi connectivity index (χ3v) is 3.68. The molecule has 0 radical (unpaired) electrons. The second kappa shape index (κ2) is 3.81. The van der Waals surface area contributed by atoms with E-state index in [1.165, 1.54) is 6.07 Å². The molecule has 4 heteroatoms. The van der Waals surface area contributed by atoms with Crippen LogP contribution in [0.25, 0.3) is 0 Å². The van der Waals surface area contributed by atoms with Gasteiger partial charge in [-0.1, -0.05) is 12.1 Å². The number of hydrogen-bond acceptors (Lipinski definition) is 2. The Morgan fingerprint density at radius 2 is 2.24 bits per heavy atom. The van der Waals surface area contributed by atoms with E-state index >= 15 is 0 Å². The van der Waals surface area contributed by atoms with Crippen LogP contribution in [0, 0.1) is 5.82 Å². The first-order chi connectivity index (χ1) is 8.16. The fraction of sp³-hybridized carbons (Fsp3) is 0.462. The Labute approximate surface area is 99.8 Å². The van der Waals surface area contributed by atoms with Crippen molar-refractivity contribution in [3.8, 4) is 0 Å². The number of likely N-dealkylation sites (N-methyl/N-ethyl adjacent to an activating group) is 1. The average molecular weight is 234 g/mol. The van der Waals surface area contributed by atoms with E-state index in [1.54, 1.807) is 6.07 Å². The highest BCUT2D eigenvalue weighted by molar-refractivity contribution is 5.80. The Kier molecular flexibility index (Phi) is 2.40. The quantitative estimate of drug-likeness (QED) is 0.673. The largest absolute Gasteiger partial charge is 0.333 e. The number of benzene rings is 1. The van der Waals surface area contributed by atoms with E-state index in [2.05, 4.69) is 0 Å². The average Bonchev–Trinajstić information content (AvgIpc) is 2.28.